The van der Waals surface area contributed by atoms with E-state index in [4.69, 9.17) is 14.2 Å². The number of aliphatic hydroxyl groups excluding tert-OH is 1. The highest BCUT2D eigenvalue weighted by molar-refractivity contribution is 7.17. The number of aryl methyl sites for hydroxylation is 1. The van der Waals surface area contributed by atoms with Gasteiger partial charge in [-0.2, -0.15) is 0 Å². The van der Waals surface area contributed by atoms with Gasteiger partial charge in [-0.15, -0.1) is 11.3 Å². The van der Waals surface area contributed by atoms with E-state index in [0.29, 0.717) is 12.5 Å². The number of fused-ring (bicyclic) bond motifs is 1. The maximum absolute atomic E-state index is 9.55. The van der Waals surface area contributed by atoms with Crippen molar-refractivity contribution in [2.75, 3.05) is 13.2 Å². The minimum absolute atomic E-state index is 0.130. The molecule has 0 spiro atoms. The van der Waals surface area contributed by atoms with E-state index in [1.165, 1.54) is 32.3 Å². The summed E-state index contributed by atoms with van der Waals surface area (Å²) >= 11 is 1.78. The summed E-state index contributed by atoms with van der Waals surface area (Å²) in [6.45, 7) is 4.26. The van der Waals surface area contributed by atoms with E-state index in [1.54, 1.807) is 11.3 Å². The number of rotatable bonds is 7. The second-order valence-corrected chi connectivity index (χ2v) is 11.0. The Balaban J connectivity index is 1.16. The lowest BCUT2D eigenvalue weighted by molar-refractivity contribution is 0.0255. The van der Waals surface area contributed by atoms with E-state index in [0.717, 1.165) is 56.0 Å². The molecular weight excluding hydrogens is 468 g/mol. The lowest BCUT2D eigenvalue weighted by Crippen LogP contribution is -2.26. The molecule has 1 aromatic heterocycles. The van der Waals surface area contributed by atoms with Crippen LogP contribution in [0.1, 0.15) is 48.3 Å². The zero-order valence-electron chi connectivity index (χ0n) is 20.6. The van der Waals surface area contributed by atoms with Gasteiger partial charge in [-0.1, -0.05) is 24.3 Å². The van der Waals surface area contributed by atoms with Crippen LogP contribution < -0.4 is 9.47 Å². The molecule has 0 unspecified atom stereocenters. The van der Waals surface area contributed by atoms with E-state index in [2.05, 4.69) is 60.8 Å². The Hall–Kier alpha value is -2.86. The highest BCUT2D eigenvalue weighted by Gasteiger charge is 2.28. The van der Waals surface area contributed by atoms with Crippen LogP contribution in [0, 0.1) is 6.92 Å². The average molecular weight is 501 g/mol. The Morgan fingerprint density at radius 3 is 2.44 bits per heavy atom. The summed E-state index contributed by atoms with van der Waals surface area (Å²) in [5.41, 5.74) is 6.18. The topological polar surface area (TPSA) is 47.9 Å². The molecule has 0 radical (unpaired) electrons. The zero-order valence-corrected chi connectivity index (χ0v) is 21.4. The van der Waals surface area contributed by atoms with Gasteiger partial charge >= 0.3 is 0 Å². The minimum Gasteiger partial charge on any atom is -0.490 e. The van der Waals surface area contributed by atoms with E-state index < -0.39 is 0 Å². The van der Waals surface area contributed by atoms with Crippen molar-refractivity contribution in [1.82, 2.24) is 0 Å². The van der Waals surface area contributed by atoms with Crippen molar-refractivity contribution >= 4 is 21.4 Å². The predicted molar refractivity (Wildman–Crippen MR) is 145 cm³/mol. The molecule has 186 valence electrons. The molecule has 1 saturated carbocycles. The molecular formula is C31H32O4S. The van der Waals surface area contributed by atoms with Crippen LogP contribution in [0.5, 0.6) is 11.5 Å². The number of benzene rings is 3. The highest BCUT2D eigenvalue weighted by Crippen LogP contribution is 2.39. The lowest BCUT2D eigenvalue weighted by Gasteiger charge is -2.31. The van der Waals surface area contributed by atoms with Gasteiger partial charge < -0.3 is 19.3 Å². The molecule has 0 bridgehead atoms. The zero-order chi connectivity index (χ0) is 24.5. The Morgan fingerprint density at radius 2 is 1.69 bits per heavy atom. The van der Waals surface area contributed by atoms with Crippen LogP contribution in [0.2, 0.25) is 0 Å². The first-order valence-corrected chi connectivity index (χ1v) is 13.8. The maximum Gasteiger partial charge on any atom is 0.120 e. The van der Waals surface area contributed by atoms with Crippen LogP contribution in [-0.2, 0) is 11.3 Å². The van der Waals surface area contributed by atoms with E-state index in [1.807, 2.05) is 12.1 Å². The smallest absolute Gasteiger partial charge is 0.120 e. The Bertz CT molecular complexity index is 1330. The third-order valence-corrected chi connectivity index (χ3v) is 8.43. The van der Waals surface area contributed by atoms with Crippen LogP contribution in [0.4, 0.5) is 0 Å². The molecule has 2 fully saturated rings. The van der Waals surface area contributed by atoms with Crippen LogP contribution in [-0.4, -0.2) is 30.5 Å². The van der Waals surface area contributed by atoms with E-state index in [9.17, 15) is 5.11 Å². The molecule has 2 aliphatic rings. The molecule has 5 heteroatoms. The molecule has 3 aromatic carbocycles. The summed E-state index contributed by atoms with van der Waals surface area (Å²) in [6, 6.07) is 21.4. The fourth-order valence-electron chi connectivity index (χ4n) is 5.24. The third-order valence-electron chi connectivity index (χ3n) is 7.47. The van der Waals surface area contributed by atoms with Crippen LogP contribution in [0.3, 0.4) is 0 Å². The van der Waals surface area contributed by atoms with Crippen molar-refractivity contribution < 1.29 is 19.3 Å². The molecule has 4 aromatic rings. The quantitative estimate of drug-likeness (QED) is 0.290. The predicted octanol–water partition coefficient (Wildman–Crippen LogP) is 7.25. The van der Waals surface area contributed by atoms with Crippen LogP contribution in [0.25, 0.3) is 21.2 Å². The van der Waals surface area contributed by atoms with Crippen molar-refractivity contribution in [1.29, 1.82) is 0 Å². The number of hydrogen-bond acceptors (Lipinski definition) is 5. The molecule has 1 aliphatic heterocycles. The van der Waals surface area contributed by atoms with Gasteiger partial charge in [0.1, 0.15) is 24.2 Å². The summed E-state index contributed by atoms with van der Waals surface area (Å²) in [6.07, 6.45) is 3.76. The monoisotopic (exact) mass is 500 g/mol. The van der Waals surface area contributed by atoms with Crippen molar-refractivity contribution in [2.45, 2.75) is 57.3 Å². The number of ether oxygens (including phenoxy) is 3. The molecule has 1 aliphatic carbocycles. The molecule has 0 atom stereocenters. The molecule has 36 heavy (non-hydrogen) atoms. The number of thiophene rings is 1. The lowest BCUT2D eigenvalue weighted by atomic mass is 9.78. The third kappa shape index (κ3) is 5.01. The van der Waals surface area contributed by atoms with Crippen molar-refractivity contribution in [3.05, 3.63) is 82.7 Å². The van der Waals surface area contributed by atoms with Gasteiger partial charge in [-0.3, -0.25) is 0 Å². The minimum atomic E-state index is -0.130. The van der Waals surface area contributed by atoms with Crippen molar-refractivity contribution in [2.24, 2.45) is 0 Å². The fourth-order valence-corrected chi connectivity index (χ4v) is 6.18. The van der Waals surface area contributed by atoms with Crippen LogP contribution >= 0.6 is 11.3 Å². The van der Waals surface area contributed by atoms with Gasteiger partial charge in [0.25, 0.3) is 0 Å². The van der Waals surface area contributed by atoms with Gasteiger partial charge in [0, 0.05) is 28.5 Å². The number of hydrogen-bond donors (Lipinski definition) is 1. The van der Waals surface area contributed by atoms with E-state index >= 15 is 0 Å². The van der Waals surface area contributed by atoms with Crippen molar-refractivity contribution in [3.8, 4) is 22.6 Å². The molecule has 4 nitrogen and oxygen atoms in total. The second kappa shape index (κ2) is 10.3. The van der Waals surface area contributed by atoms with Crippen molar-refractivity contribution in [3.63, 3.8) is 0 Å². The summed E-state index contributed by atoms with van der Waals surface area (Å²) in [7, 11) is 0. The normalized spacial score (nSPS) is 20.3. The number of aliphatic hydroxyl groups is 1. The van der Waals surface area contributed by atoms with Gasteiger partial charge in [0.15, 0.2) is 0 Å². The Labute approximate surface area is 216 Å². The fraction of sp³-hybridized carbons (Fsp3) is 0.355. The molecule has 2 heterocycles. The first kappa shape index (κ1) is 23.5. The Kier molecular flexibility index (Phi) is 6.70. The van der Waals surface area contributed by atoms with Crippen LogP contribution in [0.15, 0.2) is 66.0 Å². The molecule has 0 amide bonds. The first-order chi connectivity index (χ1) is 17.6. The molecule has 6 rings (SSSR count). The summed E-state index contributed by atoms with van der Waals surface area (Å²) in [5.74, 6) is 2.30. The maximum atomic E-state index is 9.55. The van der Waals surface area contributed by atoms with Gasteiger partial charge in [0.2, 0.25) is 0 Å². The average Bonchev–Trinajstić information content (AvgIpc) is 3.30. The standard InChI is InChI=1S/C31H32O4S/c1-20-14-27(35-26-10-12-33-13-11-26)7-8-28(20)30-19-36-31-9-2-21(15-29(30)31)18-34-25-5-3-22(4-6-25)23-16-24(32)17-23/h2-9,14-15,19,23-24,26,32H,10-13,16-18H2,1H3. The largest absolute Gasteiger partial charge is 0.490 e. The first-order valence-electron chi connectivity index (χ1n) is 12.9. The highest BCUT2D eigenvalue weighted by atomic mass is 32.1. The molecule has 1 N–H and O–H groups in total. The SMILES string of the molecule is Cc1cc(OC2CCOCC2)ccc1-c1csc2ccc(COc3ccc(C4CC(O)C4)cc3)cc12. The summed E-state index contributed by atoms with van der Waals surface area (Å²) < 4.78 is 19.1. The van der Waals surface area contributed by atoms with Gasteiger partial charge in [-0.05, 0) is 89.7 Å². The summed E-state index contributed by atoms with van der Waals surface area (Å²) in [5, 5.41) is 13.1. The van der Waals surface area contributed by atoms with Gasteiger partial charge in [-0.25, -0.2) is 0 Å². The van der Waals surface area contributed by atoms with Gasteiger partial charge in [0.05, 0.1) is 19.3 Å². The van der Waals surface area contributed by atoms with E-state index in [-0.39, 0.29) is 12.2 Å². The Morgan fingerprint density at radius 1 is 0.917 bits per heavy atom. The molecule has 1 saturated heterocycles. The summed E-state index contributed by atoms with van der Waals surface area (Å²) in [4.78, 5) is 0. The second-order valence-electron chi connectivity index (χ2n) is 10.1.